The molecule has 0 fully saturated rings. The smallest absolute Gasteiger partial charge is 0.282 e. The van der Waals surface area contributed by atoms with Crippen molar-refractivity contribution in [3.05, 3.63) is 25.3 Å². The molecule has 5 heteroatoms. The van der Waals surface area contributed by atoms with E-state index >= 15 is 0 Å². The molecule has 0 heterocycles. The maximum absolute atomic E-state index is 4.78. The standard InChI is InChI=1S/C4H6.H8O2Si3/c1-3-4-2;3-1-5-2-4/h3-4H,1-2H2;5H2,3-4H3. The molecule has 0 amide bonds. The minimum absolute atomic E-state index is 0.444. The van der Waals surface area contributed by atoms with Crippen LogP contribution in [-0.2, 0) is 8.23 Å². The maximum Gasteiger partial charge on any atom is 0.282 e. The summed E-state index contributed by atoms with van der Waals surface area (Å²) in [4.78, 5) is 0. The van der Waals surface area contributed by atoms with Gasteiger partial charge in [-0.25, -0.2) is 0 Å². The molecule has 0 aromatic heterocycles. The van der Waals surface area contributed by atoms with E-state index in [9.17, 15) is 0 Å². The minimum Gasteiger partial charge on any atom is -0.449 e. The van der Waals surface area contributed by atoms with Gasteiger partial charge in [0.15, 0.2) is 0 Å². The third kappa shape index (κ3) is 31.7. The van der Waals surface area contributed by atoms with Crippen molar-refractivity contribution < 1.29 is 8.23 Å². The Balaban J connectivity index is 0. The Kier molecular flexibility index (Phi) is 20.6. The first-order valence-electron chi connectivity index (χ1n) is 2.54. The van der Waals surface area contributed by atoms with Crippen LogP contribution in [0.25, 0.3) is 0 Å². The minimum atomic E-state index is -0.444. The van der Waals surface area contributed by atoms with Gasteiger partial charge in [-0.3, -0.25) is 0 Å². The normalized spacial score (nSPS) is 8.89. The summed E-state index contributed by atoms with van der Waals surface area (Å²) in [5.41, 5.74) is 0. The molecule has 0 aliphatic heterocycles. The number of allylic oxidation sites excluding steroid dienone is 2. The second-order valence-corrected chi connectivity index (χ2v) is 6.02. The molecule has 0 rings (SSSR count). The van der Waals surface area contributed by atoms with Gasteiger partial charge >= 0.3 is 0 Å². The first-order valence-corrected chi connectivity index (χ1v) is 5.33. The van der Waals surface area contributed by atoms with E-state index in [2.05, 4.69) is 13.2 Å². The van der Waals surface area contributed by atoms with Crippen molar-refractivity contribution >= 4 is 31.0 Å². The Labute approximate surface area is 65.1 Å². The second-order valence-electron chi connectivity index (χ2n) is 1.17. The van der Waals surface area contributed by atoms with Gasteiger partial charge < -0.3 is 8.23 Å². The van der Waals surface area contributed by atoms with E-state index in [-0.39, 0.29) is 0 Å². The maximum atomic E-state index is 4.78. The van der Waals surface area contributed by atoms with Crippen molar-refractivity contribution in [2.75, 3.05) is 0 Å². The Morgan fingerprint density at radius 3 is 1.44 bits per heavy atom. The molecular formula is C4H14O2Si3. The number of rotatable bonds is 3. The van der Waals surface area contributed by atoms with E-state index in [0.29, 0.717) is 0 Å². The topological polar surface area (TPSA) is 18.5 Å². The zero-order valence-corrected chi connectivity index (χ0v) is 11.5. The van der Waals surface area contributed by atoms with Gasteiger partial charge in [0, 0.05) is 0 Å². The predicted molar refractivity (Wildman–Crippen MR) is 51.0 cm³/mol. The molecule has 0 bridgehead atoms. The summed E-state index contributed by atoms with van der Waals surface area (Å²) < 4.78 is 9.56. The van der Waals surface area contributed by atoms with Crippen LogP contribution in [0.3, 0.4) is 0 Å². The van der Waals surface area contributed by atoms with Crippen LogP contribution >= 0.6 is 0 Å². The van der Waals surface area contributed by atoms with Crippen LogP contribution in [0, 0.1) is 0 Å². The molecule has 0 radical (unpaired) electrons. The van der Waals surface area contributed by atoms with Gasteiger partial charge in [-0.1, -0.05) is 25.3 Å². The third-order valence-electron chi connectivity index (χ3n) is 0.402. The Hall–Kier alpha value is 0.0506. The zero-order chi connectivity index (χ0) is 7.54. The van der Waals surface area contributed by atoms with Crippen LogP contribution in [0.15, 0.2) is 25.3 Å². The summed E-state index contributed by atoms with van der Waals surface area (Å²) in [7, 11) is 1.27. The summed E-state index contributed by atoms with van der Waals surface area (Å²) in [6, 6.07) is 0. The lowest BCUT2D eigenvalue weighted by atomic mass is 10.6. The van der Waals surface area contributed by atoms with Crippen molar-refractivity contribution in [3.63, 3.8) is 0 Å². The van der Waals surface area contributed by atoms with Gasteiger partial charge in [-0.15, -0.1) is 0 Å². The quantitative estimate of drug-likeness (QED) is 0.365. The van der Waals surface area contributed by atoms with Gasteiger partial charge in [0.1, 0.15) is 21.0 Å². The molecule has 0 spiro atoms. The summed E-state index contributed by atoms with van der Waals surface area (Å²) in [5.74, 6) is 0. The molecule has 0 aromatic rings. The highest BCUT2D eigenvalue weighted by molar-refractivity contribution is 6.33. The lowest BCUT2D eigenvalue weighted by Gasteiger charge is -1.87. The summed E-state index contributed by atoms with van der Waals surface area (Å²) in [5, 5.41) is 0. The molecule has 9 heavy (non-hydrogen) atoms. The molecule has 0 saturated carbocycles. The van der Waals surface area contributed by atoms with E-state index in [1.807, 2.05) is 0 Å². The summed E-state index contributed by atoms with van der Waals surface area (Å²) in [6.07, 6.45) is 3.28. The molecule has 0 aromatic carbocycles. The fourth-order valence-electron chi connectivity index (χ4n) is 0.118. The molecule has 2 nitrogen and oxygen atoms in total. The largest absolute Gasteiger partial charge is 0.449 e. The van der Waals surface area contributed by atoms with E-state index in [1.165, 1.54) is 0 Å². The second kappa shape index (κ2) is 15.7. The highest BCUT2D eigenvalue weighted by Gasteiger charge is 1.66. The zero-order valence-electron chi connectivity index (χ0n) is 6.09. The highest BCUT2D eigenvalue weighted by atomic mass is 28.3. The van der Waals surface area contributed by atoms with Crippen LogP contribution in [0.1, 0.15) is 0 Å². The Morgan fingerprint density at radius 1 is 1.11 bits per heavy atom. The van der Waals surface area contributed by atoms with Crippen molar-refractivity contribution in [3.8, 4) is 0 Å². The van der Waals surface area contributed by atoms with Gasteiger partial charge in [0.25, 0.3) is 10.0 Å². The van der Waals surface area contributed by atoms with Crippen molar-refractivity contribution in [2.24, 2.45) is 0 Å². The fourth-order valence-corrected chi connectivity index (χ4v) is 3.18. The number of hydrogen-bond acceptors (Lipinski definition) is 2. The van der Waals surface area contributed by atoms with E-state index in [0.717, 1.165) is 21.0 Å². The number of hydrogen-bond donors (Lipinski definition) is 0. The third-order valence-corrected chi connectivity index (χ3v) is 2.29. The van der Waals surface area contributed by atoms with E-state index in [1.54, 1.807) is 12.2 Å². The average Bonchev–Trinajstić information content (AvgIpc) is 1.91. The van der Waals surface area contributed by atoms with Gasteiger partial charge in [0.2, 0.25) is 0 Å². The fraction of sp³-hybridized carbons (Fsp3) is 0. The highest BCUT2D eigenvalue weighted by Crippen LogP contribution is 1.52. The molecular weight excluding hydrogens is 164 g/mol. The molecule has 0 aliphatic carbocycles. The van der Waals surface area contributed by atoms with Crippen LogP contribution < -0.4 is 0 Å². The van der Waals surface area contributed by atoms with Crippen LogP contribution in [-0.4, -0.2) is 31.0 Å². The monoisotopic (exact) mass is 178 g/mol. The van der Waals surface area contributed by atoms with Crippen molar-refractivity contribution in [2.45, 2.75) is 0 Å². The molecule has 0 saturated heterocycles. The van der Waals surface area contributed by atoms with Crippen molar-refractivity contribution in [1.29, 1.82) is 0 Å². The molecule has 0 aliphatic rings. The molecule has 0 atom stereocenters. The van der Waals surface area contributed by atoms with E-state index in [4.69, 9.17) is 8.23 Å². The van der Waals surface area contributed by atoms with Crippen LogP contribution in [0.5, 0.6) is 0 Å². The first-order chi connectivity index (χ1) is 4.33. The van der Waals surface area contributed by atoms with Gasteiger partial charge in [-0.2, -0.15) is 0 Å². The Morgan fingerprint density at radius 2 is 1.44 bits per heavy atom. The van der Waals surface area contributed by atoms with E-state index < -0.39 is 10.0 Å². The summed E-state index contributed by atoms with van der Waals surface area (Å²) in [6.45, 7) is 6.72. The molecule has 0 unspecified atom stereocenters. The lowest BCUT2D eigenvalue weighted by Crippen LogP contribution is -1.96. The predicted octanol–water partition coefficient (Wildman–Crippen LogP) is -2.06. The van der Waals surface area contributed by atoms with Crippen molar-refractivity contribution in [1.82, 2.24) is 0 Å². The first kappa shape index (κ1) is 11.8. The Bertz CT molecular complexity index is 58.8. The average molecular weight is 178 g/mol. The summed E-state index contributed by atoms with van der Waals surface area (Å²) >= 11 is 0. The molecule has 54 valence electrons. The lowest BCUT2D eigenvalue weighted by molar-refractivity contribution is 0.513. The van der Waals surface area contributed by atoms with Crippen LogP contribution in [0.4, 0.5) is 0 Å². The van der Waals surface area contributed by atoms with Gasteiger partial charge in [-0.05, 0) is 0 Å². The SMILES string of the molecule is C=CC=C.[SiH3]O[SiH2]O[SiH3]. The van der Waals surface area contributed by atoms with Crippen LogP contribution in [0.2, 0.25) is 0 Å². The van der Waals surface area contributed by atoms with Gasteiger partial charge in [0.05, 0.1) is 0 Å². The molecule has 0 N–H and O–H groups in total.